The lowest BCUT2D eigenvalue weighted by Gasteiger charge is -2.22. The summed E-state index contributed by atoms with van der Waals surface area (Å²) >= 11 is 6.14. The third-order valence-corrected chi connectivity index (χ3v) is 4.21. The Balaban J connectivity index is 2.30. The van der Waals surface area contributed by atoms with Gasteiger partial charge in [0.15, 0.2) is 0 Å². The molecular weight excluding hydrogens is 246 g/mol. The second-order valence-corrected chi connectivity index (χ2v) is 6.08. The number of hydrogen-bond acceptors (Lipinski definition) is 2. The van der Waals surface area contributed by atoms with Gasteiger partial charge in [-0.2, -0.15) is 0 Å². The minimum atomic E-state index is 0.195. The number of nitrogens with one attached hydrogen (secondary N) is 1. The van der Waals surface area contributed by atoms with Crippen LogP contribution in [0.25, 0.3) is 0 Å². The highest BCUT2D eigenvalue weighted by Crippen LogP contribution is 2.56. The van der Waals surface area contributed by atoms with Crippen molar-refractivity contribution in [1.82, 2.24) is 5.32 Å². The van der Waals surface area contributed by atoms with E-state index in [-0.39, 0.29) is 5.41 Å². The van der Waals surface area contributed by atoms with Gasteiger partial charge in [-0.1, -0.05) is 32.4 Å². The maximum atomic E-state index is 6.14. The Hall–Kier alpha value is -0.730. The molecule has 1 aliphatic rings. The fraction of sp³-hybridized carbons (Fsp3) is 0.600. The minimum absolute atomic E-state index is 0.195. The lowest BCUT2D eigenvalue weighted by Crippen LogP contribution is -2.33. The van der Waals surface area contributed by atoms with E-state index in [4.69, 9.17) is 16.3 Å². The van der Waals surface area contributed by atoms with Gasteiger partial charge in [-0.05, 0) is 30.5 Å². The third kappa shape index (κ3) is 2.50. The fourth-order valence-electron chi connectivity index (χ4n) is 2.66. The molecule has 1 saturated carbocycles. The van der Waals surface area contributed by atoms with Gasteiger partial charge in [0.05, 0.1) is 7.11 Å². The van der Waals surface area contributed by atoms with Gasteiger partial charge in [-0.15, -0.1) is 0 Å². The van der Waals surface area contributed by atoms with Crippen LogP contribution in [0.2, 0.25) is 5.02 Å². The molecule has 1 N–H and O–H groups in total. The van der Waals surface area contributed by atoms with E-state index in [1.807, 2.05) is 12.1 Å². The molecule has 2 atom stereocenters. The first-order valence-electron chi connectivity index (χ1n) is 6.57. The fourth-order valence-corrected chi connectivity index (χ4v) is 2.83. The number of benzene rings is 1. The molecule has 2 rings (SSSR count). The molecule has 0 saturated heterocycles. The van der Waals surface area contributed by atoms with Crippen LogP contribution in [-0.4, -0.2) is 19.7 Å². The Kier molecular flexibility index (Phi) is 3.88. The van der Waals surface area contributed by atoms with Crippen LogP contribution in [0.5, 0.6) is 5.75 Å². The van der Waals surface area contributed by atoms with E-state index < -0.39 is 0 Å². The Morgan fingerprint density at radius 3 is 2.67 bits per heavy atom. The highest BCUT2D eigenvalue weighted by Gasteiger charge is 2.53. The summed E-state index contributed by atoms with van der Waals surface area (Å²) in [5, 5.41) is 4.34. The SMILES string of the molecule is COc1ccc(Cl)cc1C1(CNC(C)C)CC1C. The summed E-state index contributed by atoms with van der Waals surface area (Å²) < 4.78 is 5.50. The molecular formula is C15H22ClNO. The molecule has 0 radical (unpaired) electrons. The average molecular weight is 268 g/mol. The molecule has 100 valence electrons. The summed E-state index contributed by atoms with van der Waals surface area (Å²) in [6.07, 6.45) is 1.20. The molecule has 2 nitrogen and oxygen atoms in total. The zero-order valence-corrected chi connectivity index (χ0v) is 12.3. The molecule has 0 aromatic heterocycles. The zero-order valence-electron chi connectivity index (χ0n) is 11.6. The molecule has 3 heteroatoms. The molecule has 1 aromatic carbocycles. The Morgan fingerprint density at radius 1 is 1.50 bits per heavy atom. The largest absolute Gasteiger partial charge is 0.496 e. The molecule has 0 amide bonds. The van der Waals surface area contributed by atoms with E-state index in [2.05, 4.69) is 32.2 Å². The van der Waals surface area contributed by atoms with Crippen molar-refractivity contribution in [2.75, 3.05) is 13.7 Å². The number of ether oxygens (including phenoxy) is 1. The van der Waals surface area contributed by atoms with Crippen molar-refractivity contribution in [3.05, 3.63) is 28.8 Å². The number of halogens is 1. The van der Waals surface area contributed by atoms with Crippen LogP contribution in [0.1, 0.15) is 32.8 Å². The van der Waals surface area contributed by atoms with Crippen LogP contribution in [-0.2, 0) is 5.41 Å². The topological polar surface area (TPSA) is 21.3 Å². The van der Waals surface area contributed by atoms with Crippen LogP contribution < -0.4 is 10.1 Å². The smallest absolute Gasteiger partial charge is 0.122 e. The second kappa shape index (κ2) is 5.10. The summed E-state index contributed by atoms with van der Waals surface area (Å²) in [6.45, 7) is 7.64. The first kappa shape index (κ1) is 13.7. The molecule has 1 aliphatic carbocycles. The van der Waals surface area contributed by atoms with Gasteiger partial charge in [0.1, 0.15) is 5.75 Å². The van der Waals surface area contributed by atoms with Crippen LogP contribution in [0.3, 0.4) is 0 Å². The third-order valence-electron chi connectivity index (χ3n) is 3.98. The van der Waals surface area contributed by atoms with E-state index in [0.29, 0.717) is 12.0 Å². The zero-order chi connectivity index (χ0) is 13.3. The first-order chi connectivity index (χ1) is 8.49. The van der Waals surface area contributed by atoms with Crippen LogP contribution in [0, 0.1) is 5.92 Å². The highest BCUT2D eigenvalue weighted by molar-refractivity contribution is 6.30. The number of methoxy groups -OCH3 is 1. The van der Waals surface area contributed by atoms with Crippen LogP contribution in [0.4, 0.5) is 0 Å². The molecule has 0 aliphatic heterocycles. The van der Waals surface area contributed by atoms with Crippen molar-refractivity contribution in [2.45, 2.75) is 38.6 Å². The van der Waals surface area contributed by atoms with Crippen molar-refractivity contribution in [1.29, 1.82) is 0 Å². The van der Waals surface area contributed by atoms with Crippen molar-refractivity contribution in [2.24, 2.45) is 5.92 Å². The van der Waals surface area contributed by atoms with E-state index in [1.165, 1.54) is 12.0 Å². The van der Waals surface area contributed by atoms with E-state index in [0.717, 1.165) is 17.3 Å². The summed E-state index contributed by atoms with van der Waals surface area (Å²) in [6, 6.07) is 6.42. The quantitative estimate of drug-likeness (QED) is 0.880. The average Bonchev–Trinajstić information content (AvgIpc) is 2.99. The summed E-state index contributed by atoms with van der Waals surface area (Å²) in [5.41, 5.74) is 1.44. The maximum Gasteiger partial charge on any atom is 0.122 e. The monoisotopic (exact) mass is 267 g/mol. The molecule has 2 unspecified atom stereocenters. The lowest BCUT2D eigenvalue weighted by molar-refractivity contribution is 0.397. The Morgan fingerprint density at radius 2 is 2.17 bits per heavy atom. The Labute approximate surface area is 115 Å². The van der Waals surface area contributed by atoms with Gasteiger partial charge >= 0.3 is 0 Å². The summed E-state index contributed by atoms with van der Waals surface area (Å²) in [7, 11) is 1.73. The van der Waals surface area contributed by atoms with Crippen molar-refractivity contribution < 1.29 is 4.74 Å². The van der Waals surface area contributed by atoms with Crippen LogP contribution in [0.15, 0.2) is 18.2 Å². The van der Waals surface area contributed by atoms with E-state index in [1.54, 1.807) is 7.11 Å². The van der Waals surface area contributed by atoms with E-state index >= 15 is 0 Å². The highest BCUT2D eigenvalue weighted by atomic mass is 35.5. The molecule has 1 aromatic rings. The second-order valence-electron chi connectivity index (χ2n) is 5.64. The predicted molar refractivity (Wildman–Crippen MR) is 76.6 cm³/mol. The van der Waals surface area contributed by atoms with E-state index in [9.17, 15) is 0 Å². The molecule has 1 fully saturated rings. The predicted octanol–water partition coefficient (Wildman–Crippen LogP) is 3.62. The summed E-state index contributed by atoms with van der Waals surface area (Å²) in [4.78, 5) is 0. The van der Waals surface area contributed by atoms with Crippen LogP contribution >= 0.6 is 11.6 Å². The van der Waals surface area contributed by atoms with Crippen molar-refractivity contribution in [3.63, 3.8) is 0 Å². The minimum Gasteiger partial charge on any atom is -0.496 e. The van der Waals surface area contributed by atoms with Gasteiger partial charge in [0, 0.05) is 28.6 Å². The van der Waals surface area contributed by atoms with Gasteiger partial charge in [-0.25, -0.2) is 0 Å². The van der Waals surface area contributed by atoms with Gasteiger partial charge < -0.3 is 10.1 Å². The number of rotatable bonds is 5. The van der Waals surface area contributed by atoms with Gasteiger partial charge in [0.2, 0.25) is 0 Å². The standard InChI is InChI=1S/C15H22ClNO/c1-10(2)17-9-15(8-11(15)3)13-7-12(16)5-6-14(13)18-4/h5-7,10-11,17H,8-9H2,1-4H3. The first-order valence-corrected chi connectivity index (χ1v) is 6.95. The van der Waals surface area contributed by atoms with Crippen molar-refractivity contribution in [3.8, 4) is 5.75 Å². The Bertz CT molecular complexity index is 433. The molecule has 0 spiro atoms. The van der Waals surface area contributed by atoms with Gasteiger partial charge in [0.25, 0.3) is 0 Å². The number of hydrogen-bond donors (Lipinski definition) is 1. The van der Waals surface area contributed by atoms with Crippen molar-refractivity contribution >= 4 is 11.6 Å². The summed E-state index contributed by atoms with van der Waals surface area (Å²) in [5.74, 6) is 1.63. The lowest BCUT2D eigenvalue weighted by atomic mass is 9.92. The molecule has 18 heavy (non-hydrogen) atoms. The maximum absolute atomic E-state index is 6.14. The van der Waals surface area contributed by atoms with Gasteiger partial charge in [-0.3, -0.25) is 0 Å². The normalized spacial score (nSPS) is 26.4. The molecule has 0 heterocycles. The molecule has 0 bridgehead atoms.